The van der Waals surface area contributed by atoms with Crippen LogP contribution in [0.4, 0.5) is 0 Å². The molecular formula is C9H22IP. The molecule has 0 spiro atoms. The van der Waals surface area contributed by atoms with Crippen LogP contribution in [0.15, 0.2) is 0 Å². The lowest BCUT2D eigenvalue weighted by molar-refractivity contribution is -0.00000245. The number of rotatable bonds is 5. The van der Waals surface area contributed by atoms with Crippen LogP contribution in [0.3, 0.4) is 0 Å². The van der Waals surface area contributed by atoms with E-state index in [1.807, 2.05) is 0 Å². The summed E-state index contributed by atoms with van der Waals surface area (Å²) in [4.78, 5) is 0. The van der Waals surface area contributed by atoms with Gasteiger partial charge in [-0.05, 0) is 27.2 Å². The van der Waals surface area contributed by atoms with Crippen LogP contribution < -0.4 is 24.0 Å². The van der Waals surface area contributed by atoms with Gasteiger partial charge in [-0.3, -0.25) is 0 Å². The molecule has 0 nitrogen and oxygen atoms in total. The summed E-state index contributed by atoms with van der Waals surface area (Å²) in [5.41, 5.74) is 0. The van der Waals surface area contributed by atoms with Gasteiger partial charge in [-0.15, -0.1) is 0 Å². The summed E-state index contributed by atoms with van der Waals surface area (Å²) in [6.45, 7) is 9.43. The van der Waals surface area contributed by atoms with Crippen LogP contribution in [0.1, 0.15) is 34.1 Å². The molecule has 0 aliphatic heterocycles. The van der Waals surface area contributed by atoms with Crippen molar-refractivity contribution in [1.29, 1.82) is 0 Å². The Labute approximate surface area is 89.9 Å². The van der Waals surface area contributed by atoms with Crippen molar-refractivity contribution in [3.05, 3.63) is 0 Å². The predicted molar refractivity (Wildman–Crippen MR) is 53.7 cm³/mol. The second kappa shape index (κ2) is 7.79. The highest BCUT2D eigenvalue weighted by atomic mass is 127. The zero-order valence-corrected chi connectivity index (χ0v) is 11.4. The Morgan fingerprint density at radius 2 is 1.18 bits per heavy atom. The van der Waals surface area contributed by atoms with Crippen LogP contribution in [0.2, 0.25) is 0 Å². The lowest BCUT2D eigenvalue weighted by atomic mass is 10.6. The Bertz CT molecular complexity index is 71.4. The molecule has 0 radical (unpaired) electrons. The average Bonchev–Trinajstić information content (AvgIpc) is 2.01. The number of hydrogen-bond donors (Lipinski definition) is 0. The van der Waals surface area contributed by atoms with Crippen molar-refractivity contribution in [2.45, 2.75) is 34.1 Å². The molecule has 0 heterocycles. The van der Waals surface area contributed by atoms with Gasteiger partial charge in [0.2, 0.25) is 0 Å². The minimum absolute atomic E-state index is 0. The molecule has 0 aliphatic rings. The van der Waals surface area contributed by atoms with E-state index in [9.17, 15) is 0 Å². The normalized spacial score (nSPS) is 10.9. The molecule has 2 heteroatoms. The Morgan fingerprint density at radius 3 is 1.27 bits per heavy atom. The van der Waals surface area contributed by atoms with Gasteiger partial charge >= 0.3 is 0 Å². The molecule has 0 amide bonds. The maximum absolute atomic E-state index is 2.37. The van der Waals surface area contributed by atoms with Crippen molar-refractivity contribution in [1.82, 2.24) is 0 Å². The smallest absolute Gasteiger partial charge is 0.0591 e. The summed E-state index contributed by atoms with van der Waals surface area (Å²) >= 11 is 0. The van der Waals surface area contributed by atoms with E-state index in [1.54, 1.807) is 0 Å². The maximum atomic E-state index is 2.37. The lowest BCUT2D eigenvalue weighted by Gasteiger charge is -2.22. The molecule has 0 saturated carbocycles. The third-order valence-electron chi connectivity index (χ3n) is 2.71. The van der Waals surface area contributed by atoms with E-state index in [2.05, 4.69) is 27.7 Å². The second-order valence-electron chi connectivity index (χ2n) is 3.01. The minimum Gasteiger partial charge on any atom is -1.00 e. The first-order valence-corrected chi connectivity index (χ1v) is 7.12. The summed E-state index contributed by atoms with van der Waals surface area (Å²) in [6.07, 6.45) is 7.31. The SMILES string of the molecule is CCC[P+](CC)(CC)CC.[I-]. The molecule has 0 fully saturated rings. The highest BCUT2D eigenvalue weighted by Crippen LogP contribution is 2.57. The molecule has 0 aliphatic carbocycles. The Balaban J connectivity index is 0. The van der Waals surface area contributed by atoms with Crippen LogP contribution in [-0.4, -0.2) is 24.6 Å². The van der Waals surface area contributed by atoms with Crippen molar-refractivity contribution in [3.8, 4) is 0 Å². The topological polar surface area (TPSA) is 0 Å². The van der Waals surface area contributed by atoms with Crippen molar-refractivity contribution < 1.29 is 24.0 Å². The summed E-state index contributed by atoms with van der Waals surface area (Å²) < 4.78 is 0. The molecule has 0 saturated heterocycles. The fourth-order valence-electron chi connectivity index (χ4n) is 1.62. The highest BCUT2D eigenvalue weighted by Gasteiger charge is 2.28. The summed E-state index contributed by atoms with van der Waals surface area (Å²) in [5.74, 6) is 0. The zero-order valence-electron chi connectivity index (χ0n) is 8.36. The van der Waals surface area contributed by atoms with Crippen LogP contribution in [0.25, 0.3) is 0 Å². The monoisotopic (exact) mass is 288 g/mol. The lowest BCUT2D eigenvalue weighted by Crippen LogP contribution is -3.00. The fraction of sp³-hybridized carbons (Fsp3) is 1.00. The Hall–Kier alpha value is 1.16. The van der Waals surface area contributed by atoms with Gasteiger partial charge in [0.25, 0.3) is 0 Å². The van der Waals surface area contributed by atoms with Crippen LogP contribution in [-0.2, 0) is 0 Å². The van der Waals surface area contributed by atoms with E-state index in [0.717, 1.165) is 0 Å². The molecule has 0 bridgehead atoms. The maximum Gasteiger partial charge on any atom is 0.0591 e. The predicted octanol–water partition coefficient (Wildman–Crippen LogP) is 0.478. The summed E-state index contributed by atoms with van der Waals surface area (Å²) in [6, 6.07) is 0. The van der Waals surface area contributed by atoms with Gasteiger partial charge < -0.3 is 24.0 Å². The van der Waals surface area contributed by atoms with Crippen LogP contribution in [0, 0.1) is 0 Å². The summed E-state index contributed by atoms with van der Waals surface area (Å²) in [7, 11) is -0.439. The molecule has 0 rings (SSSR count). The van der Waals surface area contributed by atoms with Crippen molar-refractivity contribution in [3.63, 3.8) is 0 Å². The molecular weight excluding hydrogens is 266 g/mol. The standard InChI is InChI=1S/C9H22P.HI/c1-5-9-10(6-2,7-3)8-4;/h5-9H2,1-4H3;1H/q+1;/p-1. The molecule has 0 aromatic heterocycles. The first-order chi connectivity index (χ1) is 4.74. The average molecular weight is 288 g/mol. The molecule has 0 aromatic carbocycles. The van der Waals surface area contributed by atoms with Crippen LogP contribution >= 0.6 is 7.26 Å². The molecule has 0 N–H and O–H groups in total. The summed E-state index contributed by atoms with van der Waals surface area (Å²) in [5, 5.41) is 0. The molecule has 0 aromatic rings. The molecule has 11 heavy (non-hydrogen) atoms. The molecule has 0 unspecified atom stereocenters. The fourth-order valence-corrected chi connectivity index (χ4v) is 4.86. The minimum atomic E-state index is -0.439. The number of hydrogen-bond acceptors (Lipinski definition) is 0. The first kappa shape index (κ1) is 14.7. The van der Waals surface area contributed by atoms with E-state index in [-0.39, 0.29) is 24.0 Å². The van der Waals surface area contributed by atoms with Crippen molar-refractivity contribution >= 4 is 7.26 Å². The quantitative estimate of drug-likeness (QED) is 0.510. The molecule has 70 valence electrons. The van der Waals surface area contributed by atoms with E-state index in [1.165, 1.54) is 31.1 Å². The first-order valence-electron chi connectivity index (χ1n) is 4.59. The van der Waals surface area contributed by atoms with Gasteiger partial charge in [0, 0.05) is 7.26 Å². The van der Waals surface area contributed by atoms with Crippen LogP contribution in [0.5, 0.6) is 0 Å². The van der Waals surface area contributed by atoms with Crippen molar-refractivity contribution in [2.75, 3.05) is 24.6 Å². The van der Waals surface area contributed by atoms with Gasteiger partial charge in [-0.2, -0.15) is 0 Å². The third kappa shape index (κ3) is 4.67. The van der Waals surface area contributed by atoms with Crippen molar-refractivity contribution in [2.24, 2.45) is 0 Å². The van der Waals surface area contributed by atoms with Gasteiger partial charge in [0.05, 0.1) is 24.6 Å². The largest absolute Gasteiger partial charge is 1.00 e. The second-order valence-corrected chi connectivity index (χ2v) is 8.04. The van der Waals surface area contributed by atoms with Gasteiger partial charge in [0.1, 0.15) is 0 Å². The third-order valence-corrected chi connectivity index (χ3v) is 8.13. The van der Waals surface area contributed by atoms with Gasteiger partial charge in [0.15, 0.2) is 0 Å². The van der Waals surface area contributed by atoms with Gasteiger partial charge in [-0.1, -0.05) is 6.92 Å². The van der Waals surface area contributed by atoms with E-state index in [0.29, 0.717) is 0 Å². The van der Waals surface area contributed by atoms with E-state index in [4.69, 9.17) is 0 Å². The molecule has 0 atom stereocenters. The van der Waals surface area contributed by atoms with E-state index >= 15 is 0 Å². The Morgan fingerprint density at radius 1 is 0.818 bits per heavy atom. The van der Waals surface area contributed by atoms with Gasteiger partial charge in [-0.25, -0.2) is 0 Å². The Kier molecular flexibility index (Phi) is 10.4. The highest BCUT2D eigenvalue weighted by molar-refractivity contribution is 7.75. The zero-order chi connectivity index (χ0) is 8.04. The van der Waals surface area contributed by atoms with E-state index < -0.39 is 7.26 Å². The number of halogens is 1.